The molecule has 0 aliphatic carbocycles. The monoisotopic (exact) mass is 364 g/mol. The average Bonchev–Trinajstić information content (AvgIpc) is 2.94. The number of hydrogen-bond acceptors (Lipinski definition) is 4. The Kier molecular flexibility index (Phi) is 4.44. The summed E-state index contributed by atoms with van der Waals surface area (Å²) in [5, 5.41) is 8.44. The third-order valence-corrected chi connectivity index (χ3v) is 5.01. The number of aryl methyl sites for hydroxylation is 2. The molecule has 3 heterocycles. The zero-order valence-electron chi connectivity index (χ0n) is 16.0. The van der Waals surface area contributed by atoms with E-state index in [1.54, 1.807) is 0 Å². The number of carbonyl (C=O) groups is 1. The zero-order chi connectivity index (χ0) is 19.0. The van der Waals surface area contributed by atoms with Crippen molar-refractivity contribution in [3.8, 4) is 0 Å². The molecule has 6 heteroatoms. The Balaban J connectivity index is 1.65. The molecule has 1 fully saturated rings. The second kappa shape index (κ2) is 6.78. The molecule has 1 aliphatic heterocycles. The van der Waals surface area contributed by atoms with Crippen molar-refractivity contribution in [1.29, 1.82) is 0 Å². The van der Waals surface area contributed by atoms with Crippen molar-refractivity contribution in [2.75, 3.05) is 19.8 Å². The second-order valence-electron chi connectivity index (χ2n) is 7.75. The van der Waals surface area contributed by atoms with E-state index >= 15 is 0 Å². The fraction of sp³-hybridized carbons (Fsp3) is 0.381. The number of para-hydroxylation sites is 1. The van der Waals surface area contributed by atoms with E-state index in [0.29, 0.717) is 31.9 Å². The van der Waals surface area contributed by atoms with Crippen LogP contribution in [0.15, 0.2) is 36.4 Å². The van der Waals surface area contributed by atoms with Crippen molar-refractivity contribution in [2.24, 2.45) is 5.41 Å². The number of amides is 1. The Labute approximate surface area is 158 Å². The highest BCUT2D eigenvalue weighted by molar-refractivity contribution is 6.06. The molecule has 0 spiro atoms. The minimum atomic E-state index is -0.0728. The number of aromatic nitrogens is 3. The van der Waals surface area contributed by atoms with Gasteiger partial charge in [0.05, 0.1) is 42.2 Å². The molecule has 1 aromatic carbocycles. The maximum absolute atomic E-state index is 12.9. The topological polar surface area (TPSA) is 69.0 Å². The number of fused-ring (bicyclic) bond motifs is 1. The molecule has 0 bridgehead atoms. The molecule has 0 unspecified atom stereocenters. The van der Waals surface area contributed by atoms with Gasteiger partial charge < -0.3 is 10.1 Å². The number of hydrogen-bond donors (Lipinski definition) is 1. The lowest BCUT2D eigenvalue weighted by Crippen LogP contribution is -2.48. The van der Waals surface area contributed by atoms with Crippen LogP contribution < -0.4 is 5.32 Å². The second-order valence-corrected chi connectivity index (χ2v) is 7.75. The minimum absolute atomic E-state index is 0.0328. The molecule has 1 aliphatic rings. The number of nitrogens with one attached hydrogen (secondary N) is 1. The Bertz CT molecular complexity index is 1000. The summed E-state index contributed by atoms with van der Waals surface area (Å²) >= 11 is 0. The zero-order valence-corrected chi connectivity index (χ0v) is 16.0. The normalized spacial score (nSPS) is 15.5. The minimum Gasteiger partial charge on any atom is -0.380 e. The van der Waals surface area contributed by atoms with Crippen LogP contribution >= 0.6 is 0 Å². The smallest absolute Gasteiger partial charge is 0.252 e. The molecule has 0 radical (unpaired) electrons. The summed E-state index contributed by atoms with van der Waals surface area (Å²) in [4.78, 5) is 17.7. The molecule has 4 rings (SSSR count). The first-order valence-electron chi connectivity index (χ1n) is 9.19. The van der Waals surface area contributed by atoms with Crippen molar-refractivity contribution in [1.82, 2.24) is 20.1 Å². The molecular formula is C21H24N4O2. The van der Waals surface area contributed by atoms with Crippen LogP contribution in [0.4, 0.5) is 0 Å². The number of pyridine rings is 1. The molecule has 3 aromatic rings. The molecule has 1 saturated heterocycles. The highest BCUT2D eigenvalue weighted by Crippen LogP contribution is 2.26. The predicted molar refractivity (Wildman–Crippen MR) is 104 cm³/mol. The summed E-state index contributed by atoms with van der Waals surface area (Å²) in [5.41, 5.74) is 4.38. The van der Waals surface area contributed by atoms with Gasteiger partial charge in [-0.3, -0.25) is 14.5 Å². The maximum Gasteiger partial charge on any atom is 0.252 e. The van der Waals surface area contributed by atoms with E-state index in [0.717, 1.165) is 28.0 Å². The van der Waals surface area contributed by atoms with Gasteiger partial charge in [-0.05, 0) is 32.0 Å². The van der Waals surface area contributed by atoms with Crippen molar-refractivity contribution in [3.63, 3.8) is 0 Å². The SMILES string of the molecule is Cc1cc(C)n(Cc2cc(C(=O)NCC3(C)COC3)c3ccccc3n2)n1. The summed E-state index contributed by atoms with van der Waals surface area (Å²) in [6, 6.07) is 11.7. The van der Waals surface area contributed by atoms with Crippen molar-refractivity contribution >= 4 is 16.8 Å². The van der Waals surface area contributed by atoms with E-state index in [2.05, 4.69) is 17.3 Å². The molecule has 0 atom stereocenters. The van der Waals surface area contributed by atoms with E-state index in [1.807, 2.05) is 54.9 Å². The maximum atomic E-state index is 12.9. The number of benzene rings is 1. The van der Waals surface area contributed by atoms with Crippen molar-refractivity contribution in [2.45, 2.75) is 27.3 Å². The average molecular weight is 364 g/mol. The van der Waals surface area contributed by atoms with E-state index in [9.17, 15) is 4.79 Å². The highest BCUT2D eigenvalue weighted by atomic mass is 16.5. The van der Waals surface area contributed by atoms with Crippen LogP contribution in [0.2, 0.25) is 0 Å². The van der Waals surface area contributed by atoms with Gasteiger partial charge in [0.1, 0.15) is 0 Å². The van der Waals surface area contributed by atoms with Gasteiger partial charge in [0.15, 0.2) is 0 Å². The first kappa shape index (κ1) is 17.7. The number of carbonyl (C=O) groups excluding carboxylic acids is 1. The molecular weight excluding hydrogens is 340 g/mol. The predicted octanol–water partition coefficient (Wildman–Crippen LogP) is 2.86. The Morgan fingerprint density at radius 2 is 2.04 bits per heavy atom. The fourth-order valence-electron chi connectivity index (χ4n) is 3.43. The molecule has 2 aromatic heterocycles. The van der Waals surface area contributed by atoms with Crippen LogP contribution in [0, 0.1) is 19.3 Å². The standard InChI is InChI=1S/C21H24N4O2/c1-14-8-15(2)25(24-14)10-16-9-18(17-6-4-5-7-19(17)23-16)20(26)22-11-21(3)12-27-13-21/h4-9H,10-13H2,1-3H3,(H,22,26). The summed E-state index contributed by atoms with van der Waals surface area (Å²) in [7, 11) is 0. The fourth-order valence-corrected chi connectivity index (χ4v) is 3.43. The first-order chi connectivity index (χ1) is 12.9. The van der Waals surface area contributed by atoms with Crippen LogP contribution in [0.1, 0.15) is 34.4 Å². The quantitative estimate of drug-likeness (QED) is 0.756. The Hall–Kier alpha value is -2.73. The lowest BCUT2D eigenvalue weighted by molar-refractivity contribution is -0.0978. The molecule has 6 nitrogen and oxygen atoms in total. The van der Waals surface area contributed by atoms with Crippen LogP contribution in [0.5, 0.6) is 0 Å². The molecule has 27 heavy (non-hydrogen) atoms. The summed E-state index contributed by atoms with van der Waals surface area (Å²) in [5.74, 6) is -0.0728. The number of nitrogens with zero attached hydrogens (tertiary/aromatic N) is 3. The summed E-state index contributed by atoms with van der Waals surface area (Å²) < 4.78 is 7.19. The van der Waals surface area contributed by atoms with Gasteiger partial charge in [0.2, 0.25) is 0 Å². The molecule has 0 saturated carbocycles. The van der Waals surface area contributed by atoms with Crippen LogP contribution in [-0.2, 0) is 11.3 Å². The van der Waals surface area contributed by atoms with Crippen molar-refractivity contribution in [3.05, 3.63) is 59.0 Å². The van der Waals surface area contributed by atoms with E-state index in [-0.39, 0.29) is 11.3 Å². The van der Waals surface area contributed by atoms with Crippen LogP contribution in [0.3, 0.4) is 0 Å². The molecule has 1 N–H and O–H groups in total. The molecule has 140 valence electrons. The van der Waals surface area contributed by atoms with Crippen LogP contribution in [0.25, 0.3) is 10.9 Å². The number of ether oxygens (including phenoxy) is 1. The van der Waals surface area contributed by atoms with Gasteiger partial charge in [-0.15, -0.1) is 0 Å². The van der Waals surface area contributed by atoms with E-state index in [4.69, 9.17) is 9.72 Å². The molecule has 1 amide bonds. The van der Waals surface area contributed by atoms with Gasteiger partial charge in [-0.1, -0.05) is 25.1 Å². The van der Waals surface area contributed by atoms with Gasteiger partial charge >= 0.3 is 0 Å². The van der Waals surface area contributed by atoms with Gasteiger partial charge in [0.25, 0.3) is 5.91 Å². The number of rotatable bonds is 5. The van der Waals surface area contributed by atoms with Crippen LogP contribution in [-0.4, -0.2) is 40.4 Å². The summed E-state index contributed by atoms with van der Waals surface area (Å²) in [6.45, 7) is 8.64. The first-order valence-corrected chi connectivity index (χ1v) is 9.19. The van der Waals surface area contributed by atoms with Gasteiger partial charge in [-0.25, -0.2) is 0 Å². The van der Waals surface area contributed by atoms with Gasteiger partial charge in [0, 0.05) is 23.0 Å². The third kappa shape index (κ3) is 3.57. The largest absolute Gasteiger partial charge is 0.380 e. The van der Waals surface area contributed by atoms with Crippen molar-refractivity contribution < 1.29 is 9.53 Å². The highest BCUT2D eigenvalue weighted by Gasteiger charge is 2.33. The van der Waals surface area contributed by atoms with E-state index in [1.165, 1.54) is 0 Å². The summed E-state index contributed by atoms with van der Waals surface area (Å²) in [6.07, 6.45) is 0. The lowest BCUT2D eigenvalue weighted by atomic mass is 9.88. The van der Waals surface area contributed by atoms with E-state index < -0.39 is 0 Å². The van der Waals surface area contributed by atoms with Gasteiger partial charge in [-0.2, -0.15) is 5.10 Å². The Morgan fingerprint density at radius 1 is 1.26 bits per heavy atom. The lowest BCUT2D eigenvalue weighted by Gasteiger charge is -2.38. The third-order valence-electron chi connectivity index (χ3n) is 5.01. The Morgan fingerprint density at radius 3 is 2.70 bits per heavy atom.